The van der Waals surface area contributed by atoms with E-state index in [1.807, 2.05) is 0 Å². The zero-order valence-corrected chi connectivity index (χ0v) is 16.7. The van der Waals surface area contributed by atoms with Crippen molar-refractivity contribution in [1.29, 1.82) is 0 Å². The van der Waals surface area contributed by atoms with E-state index in [1.165, 1.54) is 4.68 Å². The number of piperidine rings is 1. The van der Waals surface area contributed by atoms with Crippen LogP contribution in [0.3, 0.4) is 0 Å². The highest BCUT2D eigenvalue weighted by Crippen LogP contribution is 2.27. The Hall–Kier alpha value is -2.45. The summed E-state index contributed by atoms with van der Waals surface area (Å²) in [7, 11) is 0. The number of amides is 1. The van der Waals surface area contributed by atoms with Gasteiger partial charge < -0.3 is 9.88 Å². The molecule has 1 aromatic carbocycles. The van der Waals surface area contributed by atoms with Crippen molar-refractivity contribution in [3.8, 4) is 0 Å². The molecule has 8 nitrogen and oxygen atoms in total. The first-order valence-corrected chi connectivity index (χ1v) is 9.71. The van der Waals surface area contributed by atoms with Gasteiger partial charge in [0.25, 0.3) is 5.56 Å². The second kappa shape index (κ2) is 7.52. The van der Waals surface area contributed by atoms with Crippen molar-refractivity contribution in [3.63, 3.8) is 0 Å². The first-order chi connectivity index (χ1) is 13.4. The highest BCUT2D eigenvalue weighted by atomic mass is 35.5. The van der Waals surface area contributed by atoms with Crippen LogP contribution >= 0.6 is 23.2 Å². The lowest BCUT2D eigenvalue weighted by molar-refractivity contribution is -0.129. The number of halogens is 2. The molecule has 0 saturated carbocycles. The minimum Gasteiger partial charge on any atom is -0.343 e. The molecule has 1 aliphatic rings. The van der Waals surface area contributed by atoms with E-state index >= 15 is 0 Å². The van der Waals surface area contributed by atoms with E-state index in [2.05, 4.69) is 20.3 Å². The number of benzene rings is 1. The van der Waals surface area contributed by atoms with Gasteiger partial charge in [-0.15, -0.1) is 5.10 Å². The van der Waals surface area contributed by atoms with Crippen LogP contribution in [0.5, 0.6) is 0 Å². The average Bonchev–Trinajstić information content (AvgIpc) is 3.08. The molecule has 3 heterocycles. The minimum atomic E-state index is -0.328. The summed E-state index contributed by atoms with van der Waals surface area (Å²) in [5.41, 5.74) is 0.929. The van der Waals surface area contributed by atoms with Crippen molar-refractivity contribution in [1.82, 2.24) is 29.9 Å². The molecule has 0 radical (unpaired) electrons. The zero-order chi connectivity index (χ0) is 19.8. The van der Waals surface area contributed by atoms with Crippen molar-refractivity contribution in [3.05, 3.63) is 50.0 Å². The molecule has 3 aromatic rings. The second-order valence-corrected chi connectivity index (χ2v) is 7.67. The largest absolute Gasteiger partial charge is 0.343 e. The number of hydrogen-bond donors (Lipinski definition) is 1. The molecule has 10 heteroatoms. The topological polar surface area (TPSA) is 96.8 Å². The number of rotatable bonds is 3. The monoisotopic (exact) mass is 420 g/mol. The Bertz CT molecular complexity index is 1080. The van der Waals surface area contributed by atoms with E-state index in [4.69, 9.17) is 23.2 Å². The minimum absolute atomic E-state index is 0.0641. The summed E-state index contributed by atoms with van der Waals surface area (Å²) in [6.45, 7) is 3.12. The lowest BCUT2D eigenvalue weighted by Gasteiger charge is -2.30. The average molecular weight is 421 g/mol. The Balaban J connectivity index is 1.67. The molecule has 2 aromatic heterocycles. The summed E-state index contributed by atoms with van der Waals surface area (Å²) in [5, 5.41) is 9.06. The van der Waals surface area contributed by atoms with Crippen LogP contribution in [0, 0.1) is 0 Å². The smallest absolute Gasteiger partial charge is 0.281 e. The summed E-state index contributed by atoms with van der Waals surface area (Å²) in [6.07, 6.45) is 1.48. The van der Waals surface area contributed by atoms with Gasteiger partial charge in [-0.25, -0.2) is 9.67 Å². The highest BCUT2D eigenvalue weighted by Gasteiger charge is 2.25. The van der Waals surface area contributed by atoms with Gasteiger partial charge in [0.05, 0.1) is 6.54 Å². The van der Waals surface area contributed by atoms with Crippen molar-refractivity contribution in [2.75, 3.05) is 13.1 Å². The first-order valence-electron chi connectivity index (χ1n) is 8.96. The molecule has 0 aliphatic carbocycles. The SMILES string of the molecule is CC(=O)N1CCC(c2nc3c(nnn3Cc3c(Cl)cccc3Cl)c(=O)[nH]2)CC1. The molecular weight excluding hydrogens is 403 g/mol. The fraction of sp³-hybridized carbons (Fsp3) is 0.389. The summed E-state index contributed by atoms with van der Waals surface area (Å²) < 4.78 is 1.53. The lowest BCUT2D eigenvalue weighted by Crippen LogP contribution is -2.37. The summed E-state index contributed by atoms with van der Waals surface area (Å²) in [4.78, 5) is 33.3. The maximum absolute atomic E-state index is 12.5. The number of carbonyl (C=O) groups is 1. The quantitative estimate of drug-likeness (QED) is 0.701. The molecule has 1 fully saturated rings. The van der Waals surface area contributed by atoms with Gasteiger partial charge in [0, 0.05) is 41.5 Å². The van der Waals surface area contributed by atoms with Crippen molar-refractivity contribution < 1.29 is 4.79 Å². The Morgan fingerprint density at radius 1 is 1.25 bits per heavy atom. The van der Waals surface area contributed by atoms with E-state index < -0.39 is 0 Å². The number of likely N-dealkylation sites (tertiary alicyclic amines) is 1. The summed E-state index contributed by atoms with van der Waals surface area (Å²) in [5.74, 6) is 0.726. The van der Waals surface area contributed by atoms with Gasteiger partial charge in [-0.2, -0.15) is 0 Å². The van der Waals surface area contributed by atoms with E-state index in [0.717, 1.165) is 12.8 Å². The first kappa shape index (κ1) is 18.9. The van der Waals surface area contributed by atoms with Gasteiger partial charge in [0.15, 0.2) is 11.2 Å². The number of hydrogen-bond acceptors (Lipinski definition) is 5. The van der Waals surface area contributed by atoms with Gasteiger partial charge in [0.2, 0.25) is 5.91 Å². The molecule has 1 N–H and O–H groups in total. The maximum atomic E-state index is 12.5. The van der Waals surface area contributed by atoms with Crippen molar-refractivity contribution in [2.24, 2.45) is 0 Å². The molecular formula is C18H18Cl2N6O2. The molecule has 1 saturated heterocycles. The molecule has 1 aliphatic heterocycles. The molecule has 146 valence electrons. The van der Waals surface area contributed by atoms with Gasteiger partial charge in [-0.3, -0.25) is 9.59 Å². The van der Waals surface area contributed by atoms with Crippen LogP contribution in [-0.4, -0.2) is 48.9 Å². The van der Waals surface area contributed by atoms with E-state index in [1.54, 1.807) is 30.0 Å². The van der Waals surface area contributed by atoms with Gasteiger partial charge in [-0.1, -0.05) is 34.5 Å². The summed E-state index contributed by atoms with van der Waals surface area (Å²) >= 11 is 12.5. The van der Waals surface area contributed by atoms with Crippen molar-refractivity contribution >= 4 is 40.3 Å². The fourth-order valence-corrected chi connectivity index (χ4v) is 4.00. The summed E-state index contributed by atoms with van der Waals surface area (Å²) in [6, 6.07) is 5.26. The number of aromatic nitrogens is 5. The van der Waals surface area contributed by atoms with Crippen molar-refractivity contribution in [2.45, 2.75) is 32.2 Å². The number of aromatic amines is 1. The number of fused-ring (bicyclic) bond motifs is 1. The van der Waals surface area contributed by atoms with Crippen LogP contribution in [0.4, 0.5) is 0 Å². The highest BCUT2D eigenvalue weighted by molar-refractivity contribution is 6.35. The Morgan fingerprint density at radius 2 is 1.93 bits per heavy atom. The van der Waals surface area contributed by atoms with E-state index in [-0.39, 0.29) is 29.4 Å². The van der Waals surface area contributed by atoms with Gasteiger partial charge in [-0.05, 0) is 25.0 Å². The van der Waals surface area contributed by atoms with Gasteiger partial charge >= 0.3 is 0 Å². The van der Waals surface area contributed by atoms with E-state index in [9.17, 15) is 9.59 Å². The Morgan fingerprint density at radius 3 is 2.57 bits per heavy atom. The fourth-order valence-electron chi connectivity index (χ4n) is 3.48. The third-order valence-electron chi connectivity index (χ3n) is 5.09. The van der Waals surface area contributed by atoms with E-state index in [0.29, 0.717) is 40.2 Å². The number of nitrogens with zero attached hydrogens (tertiary/aromatic N) is 5. The molecule has 28 heavy (non-hydrogen) atoms. The lowest BCUT2D eigenvalue weighted by atomic mass is 9.96. The molecule has 0 bridgehead atoms. The third-order valence-corrected chi connectivity index (χ3v) is 5.80. The Kier molecular flexibility index (Phi) is 5.07. The number of carbonyl (C=O) groups excluding carboxylic acids is 1. The van der Waals surface area contributed by atoms with Crippen LogP contribution < -0.4 is 5.56 Å². The van der Waals surface area contributed by atoms with Crippen LogP contribution in [-0.2, 0) is 11.3 Å². The van der Waals surface area contributed by atoms with Crippen LogP contribution in [0.15, 0.2) is 23.0 Å². The maximum Gasteiger partial charge on any atom is 0.281 e. The molecule has 0 unspecified atom stereocenters. The number of H-pyrrole nitrogens is 1. The van der Waals surface area contributed by atoms with Crippen LogP contribution in [0.1, 0.15) is 37.1 Å². The standard InChI is InChI=1S/C18H18Cl2N6O2/c1-10(27)25-7-5-11(6-8-25)16-21-17-15(18(28)22-16)23-24-26(17)9-12-13(19)3-2-4-14(12)20/h2-4,11H,5-9H2,1H3,(H,21,22,28). The van der Waals surface area contributed by atoms with Gasteiger partial charge in [0.1, 0.15) is 5.82 Å². The zero-order valence-electron chi connectivity index (χ0n) is 15.2. The Labute approximate surface area is 170 Å². The second-order valence-electron chi connectivity index (χ2n) is 6.85. The predicted molar refractivity (Wildman–Crippen MR) is 106 cm³/mol. The molecule has 0 spiro atoms. The normalized spacial score (nSPS) is 15.3. The predicted octanol–water partition coefficient (Wildman–Crippen LogP) is 2.60. The molecule has 4 rings (SSSR count). The molecule has 1 amide bonds. The third kappa shape index (κ3) is 3.49. The van der Waals surface area contributed by atoms with Crippen LogP contribution in [0.25, 0.3) is 11.2 Å². The molecule has 0 atom stereocenters. The number of nitrogens with one attached hydrogen (secondary N) is 1. The van der Waals surface area contributed by atoms with Crippen LogP contribution in [0.2, 0.25) is 10.0 Å².